The zero-order valence-corrected chi connectivity index (χ0v) is 13.2. The van der Waals surface area contributed by atoms with Crippen molar-refractivity contribution < 1.29 is 4.74 Å². The van der Waals surface area contributed by atoms with Gasteiger partial charge in [0.25, 0.3) is 0 Å². The molecule has 0 spiro atoms. The molecule has 0 aliphatic carbocycles. The molecule has 0 fully saturated rings. The molecule has 1 unspecified atom stereocenters. The lowest BCUT2D eigenvalue weighted by atomic mass is 10.1. The van der Waals surface area contributed by atoms with Gasteiger partial charge in [-0.2, -0.15) is 0 Å². The lowest BCUT2D eigenvalue weighted by Crippen LogP contribution is -2.12. The van der Waals surface area contributed by atoms with Gasteiger partial charge < -0.3 is 10.1 Å². The SMILES string of the molecule is CCCc1nc(C(C)COC)nc(NCC)c1Br. The molecule has 4 nitrogen and oxygen atoms in total. The average Bonchev–Trinajstić information content (AvgIpc) is 2.34. The van der Waals surface area contributed by atoms with E-state index in [1.165, 1.54) is 0 Å². The fourth-order valence-electron chi connectivity index (χ4n) is 1.74. The number of nitrogens with zero attached hydrogens (tertiary/aromatic N) is 2. The molecule has 1 atom stereocenters. The fraction of sp³-hybridized carbons (Fsp3) is 0.692. The van der Waals surface area contributed by atoms with Crippen LogP contribution < -0.4 is 5.32 Å². The molecule has 0 saturated heterocycles. The van der Waals surface area contributed by atoms with Crippen LogP contribution in [0.25, 0.3) is 0 Å². The highest BCUT2D eigenvalue weighted by atomic mass is 79.9. The fourth-order valence-corrected chi connectivity index (χ4v) is 2.26. The number of anilines is 1. The minimum absolute atomic E-state index is 0.205. The highest BCUT2D eigenvalue weighted by Crippen LogP contribution is 2.26. The molecule has 18 heavy (non-hydrogen) atoms. The molecule has 0 amide bonds. The van der Waals surface area contributed by atoms with Crippen LogP contribution in [0.2, 0.25) is 0 Å². The maximum absolute atomic E-state index is 5.18. The number of halogens is 1. The van der Waals surface area contributed by atoms with Crippen molar-refractivity contribution in [2.45, 2.75) is 39.5 Å². The van der Waals surface area contributed by atoms with Gasteiger partial charge in [0.05, 0.1) is 16.8 Å². The zero-order chi connectivity index (χ0) is 13.5. The number of methoxy groups -OCH3 is 1. The summed E-state index contributed by atoms with van der Waals surface area (Å²) in [4.78, 5) is 9.22. The van der Waals surface area contributed by atoms with Crippen LogP contribution >= 0.6 is 15.9 Å². The molecule has 5 heteroatoms. The molecule has 1 rings (SSSR count). The van der Waals surface area contributed by atoms with Gasteiger partial charge in [0.2, 0.25) is 0 Å². The van der Waals surface area contributed by atoms with E-state index in [1.807, 2.05) is 0 Å². The van der Waals surface area contributed by atoms with Crippen molar-refractivity contribution >= 4 is 21.7 Å². The van der Waals surface area contributed by atoms with Crippen LogP contribution in [0.4, 0.5) is 5.82 Å². The molecule has 0 aromatic carbocycles. The van der Waals surface area contributed by atoms with Gasteiger partial charge in [-0.15, -0.1) is 0 Å². The van der Waals surface area contributed by atoms with E-state index in [-0.39, 0.29) is 5.92 Å². The van der Waals surface area contributed by atoms with Gasteiger partial charge >= 0.3 is 0 Å². The highest BCUT2D eigenvalue weighted by molar-refractivity contribution is 9.10. The molecule has 1 aromatic heterocycles. The molecular weight excluding hydrogens is 294 g/mol. The summed E-state index contributed by atoms with van der Waals surface area (Å²) in [5.74, 6) is 1.93. The Kier molecular flexibility index (Phi) is 6.57. The Hall–Kier alpha value is -0.680. The van der Waals surface area contributed by atoms with Crippen LogP contribution in [-0.4, -0.2) is 30.2 Å². The largest absolute Gasteiger partial charge is 0.384 e. The molecule has 1 aromatic rings. The molecule has 0 bridgehead atoms. The van der Waals surface area contributed by atoms with Crippen LogP contribution in [0.1, 0.15) is 44.6 Å². The molecular formula is C13H22BrN3O. The van der Waals surface area contributed by atoms with E-state index in [0.29, 0.717) is 6.61 Å². The van der Waals surface area contributed by atoms with Crippen LogP contribution in [0, 0.1) is 0 Å². The molecule has 1 heterocycles. The van der Waals surface area contributed by atoms with E-state index in [4.69, 9.17) is 4.74 Å². The van der Waals surface area contributed by atoms with Gasteiger partial charge in [-0.3, -0.25) is 0 Å². The Morgan fingerprint density at radius 1 is 1.33 bits per heavy atom. The summed E-state index contributed by atoms with van der Waals surface area (Å²) in [7, 11) is 1.70. The van der Waals surface area contributed by atoms with Crippen molar-refractivity contribution in [3.8, 4) is 0 Å². The second-order valence-electron chi connectivity index (χ2n) is 4.33. The highest BCUT2D eigenvalue weighted by Gasteiger charge is 2.15. The number of rotatable bonds is 7. The van der Waals surface area contributed by atoms with E-state index in [2.05, 4.69) is 52.0 Å². The Morgan fingerprint density at radius 3 is 2.61 bits per heavy atom. The first-order valence-electron chi connectivity index (χ1n) is 6.43. The summed E-state index contributed by atoms with van der Waals surface area (Å²) in [6, 6.07) is 0. The lowest BCUT2D eigenvalue weighted by molar-refractivity contribution is 0.181. The molecule has 0 aliphatic heterocycles. The number of aryl methyl sites for hydroxylation is 1. The molecule has 0 aliphatic rings. The van der Waals surface area contributed by atoms with Gasteiger partial charge in [0, 0.05) is 19.6 Å². The molecule has 0 saturated carbocycles. The number of aromatic nitrogens is 2. The van der Waals surface area contributed by atoms with Crippen LogP contribution in [0.15, 0.2) is 4.47 Å². The average molecular weight is 316 g/mol. The summed E-state index contributed by atoms with van der Waals surface area (Å²) in [5, 5.41) is 3.27. The molecule has 102 valence electrons. The summed E-state index contributed by atoms with van der Waals surface area (Å²) in [6.07, 6.45) is 2.02. The topological polar surface area (TPSA) is 47.0 Å². The van der Waals surface area contributed by atoms with Crippen molar-refractivity contribution in [3.05, 3.63) is 16.0 Å². The predicted octanol–water partition coefficient (Wildman–Crippen LogP) is 3.37. The zero-order valence-electron chi connectivity index (χ0n) is 11.6. The first kappa shape index (κ1) is 15.4. The Balaban J connectivity index is 3.10. The van der Waals surface area contributed by atoms with E-state index >= 15 is 0 Å². The Morgan fingerprint density at radius 2 is 2.06 bits per heavy atom. The predicted molar refractivity (Wildman–Crippen MR) is 78.2 cm³/mol. The van der Waals surface area contributed by atoms with Crippen molar-refractivity contribution in [1.82, 2.24) is 9.97 Å². The van der Waals surface area contributed by atoms with Crippen molar-refractivity contribution in [2.75, 3.05) is 25.6 Å². The van der Waals surface area contributed by atoms with Gasteiger partial charge in [0.15, 0.2) is 0 Å². The monoisotopic (exact) mass is 315 g/mol. The maximum Gasteiger partial charge on any atom is 0.144 e. The van der Waals surface area contributed by atoms with E-state index in [0.717, 1.165) is 41.2 Å². The minimum atomic E-state index is 0.205. The van der Waals surface area contributed by atoms with Gasteiger partial charge in [0.1, 0.15) is 11.6 Å². The number of ether oxygens (including phenoxy) is 1. The molecule has 0 radical (unpaired) electrons. The normalized spacial score (nSPS) is 12.5. The van der Waals surface area contributed by atoms with Crippen LogP contribution in [0.5, 0.6) is 0 Å². The Bertz CT molecular complexity index is 357. The smallest absolute Gasteiger partial charge is 0.144 e. The summed E-state index contributed by atoms with van der Waals surface area (Å²) in [5.41, 5.74) is 1.07. The number of nitrogens with one attached hydrogen (secondary N) is 1. The quantitative estimate of drug-likeness (QED) is 0.838. The van der Waals surface area contributed by atoms with Crippen molar-refractivity contribution in [1.29, 1.82) is 0 Å². The van der Waals surface area contributed by atoms with Crippen LogP contribution in [-0.2, 0) is 11.2 Å². The maximum atomic E-state index is 5.18. The third-order valence-corrected chi connectivity index (χ3v) is 3.46. The van der Waals surface area contributed by atoms with Crippen molar-refractivity contribution in [3.63, 3.8) is 0 Å². The van der Waals surface area contributed by atoms with Gasteiger partial charge in [-0.25, -0.2) is 9.97 Å². The summed E-state index contributed by atoms with van der Waals surface area (Å²) in [6.45, 7) is 7.78. The third-order valence-electron chi connectivity index (χ3n) is 2.63. The number of hydrogen-bond donors (Lipinski definition) is 1. The van der Waals surface area contributed by atoms with E-state index in [1.54, 1.807) is 7.11 Å². The first-order valence-corrected chi connectivity index (χ1v) is 7.22. The first-order chi connectivity index (χ1) is 8.63. The lowest BCUT2D eigenvalue weighted by Gasteiger charge is -2.15. The number of hydrogen-bond acceptors (Lipinski definition) is 4. The Labute approximate surface area is 118 Å². The summed E-state index contributed by atoms with van der Waals surface area (Å²) < 4.78 is 6.16. The second-order valence-corrected chi connectivity index (χ2v) is 5.12. The standard InChI is InChI=1S/C13H22BrN3O/c1-5-7-10-11(14)13(15-6-2)17-12(16-10)9(3)8-18-4/h9H,5-8H2,1-4H3,(H,15,16,17). The van der Waals surface area contributed by atoms with Gasteiger partial charge in [-0.1, -0.05) is 20.3 Å². The minimum Gasteiger partial charge on any atom is -0.384 e. The van der Waals surface area contributed by atoms with Crippen molar-refractivity contribution in [2.24, 2.45) is 0 Å². The molecule has 1 N–H and O–H groups in total. The van der Waals surface area contributed by atoms with Crippen LogP contribution in [0.3, 0.4) is 0 Å². The second kappa shape index (κ2) is 7.69. The van der Waals surface area contributed by atoms with E-state index < -0.39 is 0 Å². The third kappa shape index (κ3) is 3.92. The van der Waals surface area contributed by atoms with Gasteiger partial charge in [-0.05, 0) is 29.3 Å². The summed E-state index contributed by atoms with van der Waals surface area (Å²) >= 11 is 3.59. The van der Waals surface area contributed by atoms with E-state index in [9.17, 15) is 0 Å².